The van der Waals surface area contributed by atoms with Crippen LogP contribution in [0.4, 0.5) is 0 Å². The Morgan fingerprint density at radius 1 is 0.887 bits per heavy atom. The topological polar surface area (TPSA) is 65.3 Å². The molecule has 0 aliphatic heterocycles. The molecule has 0 saturated carbocycles. The second kappa shape index (κ2) is 15.9. The number of para-hydroxylation sites is 2. The number of amidine groups is 1. The summed E-state index contributed by atoms with van der Waals surface area (Å²) in [7, 11) is 0. The first-order valence-corrected chi connectivity index (χ1v) is 20.8. The molecule has 1 atom stereocenters. The van der Waals surface area contributed by atoms with E-state index in [-0.39, 0.29) is 5.92 Å². The summed E-state index contributed by atoms with van der Waals surface area (Å²) in [6, 6.07) is 32.7. The van der Waals surface area contributed by atoms with E-state index in [0.717, 1.165) is 59.8 Å². The monoisotopic (exact) mass is 918 g/mol. The van der Waals surface area contributed by atoms with Crippen LogP contribution in [0.15, 0.2) is 144 Å². The molecule has 2 heterocycles. The van der Waals surface area contributed by atoms with E-state index >= 15 is 0 Å². The molecule has 0 amide bonds. The molecule has 0 fully saturated rings. The Morgan fingerprint density at radius 2 is 1.66 bits per heavy atom. The van der Waals surface area contributed by atoms with E-state index in [0.29, 0.717) is 12.3 Å². The molecule has 8 rings (SSSR count). The average molecular weight is 919 g/mol. The number of rotatable bonds is 10. The standard InChI is InChI=1S/C46H40I2N4O/c47-29-8-9-32(28-30-53)41(27-18-31-16-21-34(48)22-17-31)50-46(49)33-19-23-36(24-20-33)52-43-15-7-5-13-38(43)40-26-25-39-37-12-4-6-14-42(37)51(44(39)45(40)52)35-10-2-1-3-11-35/h1-6,8-14,16-17,21-23,25-28,30,33H,7,15,18-20,24,29H2,(H2,49,50)/b9-8-,32-28+,41-27-. The van der Waals surface area contributed by atoms with Crippen LogP contribution in [0.1, 0.15) is 42.5 Å². The summed E-state index contributed by atoms with van der Waals surface area (Å²) >= 11 is 4.63. The van der Waals surface area contributed by atoms with Gasteiger partial charge in [-0.3, -0.25) is 4.79 Å². The lowest BCUT2D eigenvalue weighted by atomic mass is 9.91. The highest BCUT2D eigenvalue weighted by molar-refractivity contribution is 14.1. The van der Waals surface area contributed by atoms with Crippen LogP contribution in [-0.2, 0) is 17.6 Å². The van der Waals surface area contributed by atoms with Gasteiger partial charge in [-0.15, -0.1) is 0 Å². The Kier molecular flexibility index (Phi) is 10.6. The number of carbonyl (C=O) groups is 1. The SMILES string of the molecule is NC(=NC(=C\Cc1ccc(I)cc1)/C(/C=C\CI)=C/C=O)C1CC=C(n2c3c(c4ccc5c6ccccc6n(-c6ccccc6)c5c42)C=CCC3)CC1. The highest BCUT2D eigenvalue weighted by atomic mass is 127. The number of aromatic nitrogens is 2. The van der Waals surface area contributed by atoms with Crippen LogP contribution in [0.25, 0.3) is 50.2 Å². The van der Waals surface area contributed by atoms with Crippen molar-refractivity contribution in [2.75, 3.05) is 4.43 Å². The quantitative estimate of drug-likeness (QED) is 0.0283. The molecule has 2 aliphatic carbocycles. The van der Waals surface area contributed by atoms with Crippen LogP contribution < -0.4 is 5.73 Å². The zero-order chi connectivity index (χ0) is 36.3. The lowest BCUT2D eigenvalue weighted by molar-refractivity contribution is -0.104. The molecular weight excluding hydrogens is 878 g/mol. The van der Waals surface area contributed by atoms with Gasteiger partial charge in [-0.25, -0.2) is 4.99 Å². The molecule has 6 aromatic rings. The number of nitrogens with two attached hydrogens (primary N) is 1. The van der Waals surface area contributed by atoms with Crippen molar-refractivity contribution < 1.29 is 4.79 Å². The van der Waals surface area contributed by atoms with Crippen LogP contribution >= 0.6 is 45.2 Å². The van der Waals surface area contributed by atoms with Gasteiger partial charge in [0, 0.05) is 58.3 Å². The highest BCUT2D eigenvalue weighted by Gasteiger charge is 2.27. The Hall–Kier alpha value is -4.48. The highest BCUT2D eigenvalue weighted by Crippen LogP contribution is 2.43. The van der Waals surface area contributed by atoms with E-state index in [9.17, 15) is 4.79 Å². The number of halogens is 2. The third-order valence-electron chi connectivity index (χ3n) is 10.5. The summed E-state index contributed by atoms with van der Waals surface area (Å²) in [6.45, 7) is 0. The van der Waals surface area contributed by atoms with E-state index in [2.05, 4.69) is 170 Å². The summed E-state index contributed by atoms with van der Waals surface area (Å²) in [6.07, 6.45) is 20.9. The number of nitrogens with zero attached hydrogens (tertiary/aromatic N) is 3. The van der Waals surface area contributed by atoms with Gasteiger partial charge in [0.1, 0.15) is 12.1 Å². The Bertz CT molecular complexity index is 2530. The fraction of sp³-hybridized carbons (Fsp3) is 0.174. The molecule has 2 aromatic heterocycles. The number of hydrogen-bond donors (Lipinski definition) is 1. The van der Waals surface area contributed by atoms with Gasteiger partial charge in [0.05, 0.1) is 22.2 Å². The van der Waals surface area contributed by atoms with Crippen molar-refractivity contribution >= 4 is 102 Å². The summed E-state index contributed by atoms with van der Waals surface area (Å²) in [4.78, 5) is 16.8. The second-order valence-electron chi connectivity index (χ2n) is 13.6. The molecule has 4 aromatic carbocycles. The summed E-state index contributed by atoms with van der Waals surface area (Å²) in [5.74, 6) is 0.711. The van der Waals surface area contributed by atoms with Crippen molar-refractivity contribution in [3.63, 3.8) is 0 Å². The second-order valence-corrected chi connectivity index (χ2v) is 15.7. The predicted octanol–water partition coefficient (Wildman–Crippen LogP) is 11.5. The van der Waals surface area contributed by atoms with Gasteiger partial charge >= 0.3 is 0 Å². The zero-order valence-corrected chi connectivity index (χ0v) is 33.7. The van der Waals surface area contributed by atoms with Gasteiger partial charge in [-0.05, 0) is 103 Å². The van der Waals surface area contributed by atoms with Crippen molar-refractivity contribution in [2.24, 2.45) is 16.6 Å². The molecule has 0 bridgehead atoms. The van der Waals surface area contributed by atoms with E-state index in [1.165, 1.54) is 58.8 Å². The predicted molar refractivity (Wildman–Crippen MR) is 240 cm³/mol. The van der Waals surface area contributed by atoms with Crippen LogP contribution in [-0.4, -0.2) is 25.7 Å². The van der Waals surface area contributed by atoms with Crippen LogP contribution in [0, 0.1) is 9.49 Å². The number of aliphatic imine (C=N–C) groups is 1. The minimum absolute atomic E-state index is 0.0971. The van der Waals surface area contributed by atoms with Gasteiger partial charge < -0.3 is 14.9 Å². The molecule has 0 spiro atoms. The Labute approximate surface area is 337 Å². The third kappa shape index (κ3) is 7.01. The number of benzene rings is 4. The fourth-order valence-corrected chi connectivity index (χ4v) is 8.58. The molecule has 0 saturated heterocycles. The minimum Gasteiger partial charge on any atom is -0.387 e. The maximum Gasteiger partial charge on any atom is 0.143 e. The van der Waals surface area contributed by atoms with Crippen molar-refractivity contribution in [1.29, 1.82) is 0 Å². The largest absolute Gasteiger partial charge is 0.387 e. The van der Waals surface area contributed by atoms with Crippen molar-refractivity contribution in [2.45, 2.75) is 38.5 Å². The van der Waals surface area contributed by atoms with Crippen LogP contribution in [0.5, 0.6) is 0 Å². The van der Waals surface area contributed by atoms with E-state index in [1.54, 1.807) is 6.08 Å². The van der Waals surface area contributed by atoms with Gasteiger partial charge in [-0.1, -0.05) is 120 Å². The molecule has 264 valence electrons. The van der Waals surface area contributed by atoms with E-state index < -0.39 is 0 Å². The average Bonchev–Trinajstić information content (AvgIpc) is 3.72. The van der Waals surface area contributed by atoms with Crippen molar-refractivity contribution in [3.05, 3.63) is 159 Å². The smallest absolute Gasteiger partial charge is 0.143 e. The molecule has 7 heteroatoms. The lowest BCUT2D eigenvalue weighted by Crippen LogP contribution is -2.26. The normalized spacial score (nSPS) is 16.9. The van der Waals surface area contributed by atoms with Gasteiger partial charge in [0.15, 0.2) is 0 Å². The number of fused-ring (bicyclic) bond motifs is 7. The zero-order valence-electron chi connectivity index (χ0n) is 29.4. The van der Waals surface area contributed by atoms with E-state index in [4.69, 9.17) is 10.7 Å². The molecular formula is C46H40I2N4O. The first-order valence-electron chi connectivity index (χ1n) is 18.2. The van der Waals surface area contributed by atoms with Crippen LogP contribution in [0.2, 0.25) is 0 Å². The maximum absolute atomic E-state index is 11.7. The van der Waals surface area contributed by atoms with Gasteiger partial charge in [-0.2, -0.15) is 0 Å². The van der Waals surface area contributed by atoms with E-state index in [1.807, 2.05) is 12.2 Å². The van der Waals surface area contributed by atoms with Crippen LogP contribution in [0.3, 0.4) is 0 Å². The van der Waals surface area contributed by atoms with Crippen molar-refractivity contribution in [3.8, 4) is 5.69 Å². The molecule has 5 nitrogen and oxygen atoms in total. The number of hydrogen-bond acceptors (Lipinski definition) is 2. The molecule has 2 aliphatic rings. The summed E-state index contributed by atoms with van der Waals surface area (Å²) < 4.78 is 7.07. The number of allylic oxidation sites excluding steroid dienone is 7. The number of alkyl halides is 1. The molecule has 1 unspecified atom stereocenters. The first-order chi connectivity index (χ1) is 26.1. The number of aldehydes is 1. The number of carbonyl (C=O) groups excluding carboxylic acids is 1. The van der Waals surface area contributed by atoms with Gasteiger partial charge in [0.25, 0.3) is 0 Å². The maximum atomic E-state index is 11.7. The summed E-state index contributed by atoms with van der Waals surface area (Å²) in [5, 5.41) is 3.82. The first kappa shape index (κ1) is 35.5. The minimum atomic E-state index is 0.0971. The Balaban J connectivity index is 1.21. The van der Waals surface area contributed by atoms with Gasteiger partial charge in [0.2, 0.25) is 0 Å². The fourth-order valence-electron chi connectivity index (χ4n) is 7.97. The van der Waals surface area contributed by atoms with Crippen molar-refractivity contribution in [1.82, 2.24) is 9.13 Å². The summed E-state index contributed by atoms with van der Waals surface area (Å²) in [5.41, 5.74) is 18.5. The lowest BCUT2D eigenvalue weighted by Gasteiger charge is -2.25. The third-order valence-corrected chi connectivity index (χ3v) is 11.7. The molecule has 0 radical (unpaired) electrons. The Morgan fingerprint density at radius 3 is 2.43 bits per heavy atom. The molecule has 53 heavy (non-hydrogen) atoms. The molecule has 2 N–H and O–H groups in total.